The molecule has 0 aliphatic carbocycles. The van der Waals surface area contributed by atoms with E-state index in [2.05, 4.69) is 5.32 Å². The third-order valence-corrected chi connectivity index (χ3v) is 2.69. The van der Waals surface area contributed by atoms with Gasteiger partial charge in [0.1, 0.15) is 6.61 Å². The number of ether oxygens (including phenoxy) is 1. The highest BCUT2D eigenvalue weighted by Gasteiger charge is 2.13. The molecule has 2 rings (SSSR count). The zero-order valence-electron chi connectivity index (χ0n) is 8.71. The van der Waals surface area contributed by atoms with Gasteiger partial charge in [0.2, 0.25) is 0 Å². The molecular weight excluding hydrogens is 193 g/mol. The van der Waals surface area contributed by atoms with Crippen LogP contribution in [0.4, 0.5) is 4.39 Å². The standard InChI is InChI=1S/C12H16FNO/c13-11-6-1-2-7-12(11)15-9-10-5-3-4-8-14-10/h1-2,6-7,10,14H,3-5,8-9H2/t10-/m0/s1. The second-order valence-electron chi connectivity index (χ2n) is 3.89. The van der Waals surface area contributed by atoms with E-state index >= 15 is 0 Å². The predicted octanol–water partition coefficient (Wildman–Crippen LogP) is 2.35. The summed E-state index contributed by atoms with van der Waals surface area (Å²) in [5.74, 6) is 0.0678. The minimum atomic E-state index is -0.284. The molecule has 1 aliphatic heterocycles. The number of para-hydroxylation sites is 1. The largest absolute Gasteiger partial charge is 0.489 e. The summed E-state index contributed by atoms with van der Waals surface area (Å²) in [7, 11) is 0. The van der Waals surface area contributed by atoms with E-state index in [-0.39, 0.29) is 5.82 Å². The number of piperidine rings is 1. The zero-order chi connectivity index (χ0) is 10.5. The number of hydrogen-bond acceptors (Lipinski definition) is 2. The number of nitrogens with one attached hydrogen (secondary N) is 1. The van der Waals surface area contributed by atoms with Crippen LogP contribution in [0.1, 0.15) is 19.3 Å². The summed E-state index contributed by atoms with van der Waals surface area (Å²) in [6, 6.07) is 6.91. The molecule has 0 bridgehead atoms. The van der Waals surface area contributed by atoms with Gasteiger partial charge in [-0.15, -0.1) is 0 Å². The maximum Gasteiger partial charge on any atom is 0.165 e. The summed E-state index contributed by atoms with van der Waals surface area (Å²) in [6.45, 7) is 1.60. The van der Waals surface area contributed by atoms with Gasteiger partial charge < -0.3 is 10.1 Å². The number of hydrogen-bond donors (Lipinski definition) is 1. The Hall–Kier alpha value is -1.09. The monoisotopic (exact) mass is 209 g/mol. The number of benzene rings is 1. The molecule has 1 heterocycles. The van der Waals surface area contributed by atoms with E-state index in [1.165, 1.54) is 18.9 Å². The Morgan fingerprint density at radius 3 is 2.93 bits per heavy atom. The molecule has 1 N–H and O–H groups in total. The molecule has 1 aromatic carbocycles. The van der Waals surface area contributed by atoms with Crippen molar-refractivity contribution in [1.82, 2.24) is 5.32 Å². The lowest BCUT2D eigenvalue weighted by atomic mass is 10.1. The van der Waals surface area contributed by atoms with Crippen molar-refractivity contribution >= 4 is 0 Å². The van der Waals surface area contributed by atoms with Gasteiger partial charge >= 0.3 is 0 Å². The molecule has 0 saturated carbocycles. The van der Waals surface area contributed by atoms with Crippen LogP contribution in [0, 0.1) is 5.82 Å². The summed E-state index contributed by atoms with van der Waals surface area (Å²) in [6.07, 6.45) is 3.59. The molecule has 0 spiro atoms. The predicted molar refractivity (Wildman–Crippen MR) is 57.5 cm³/mol. The van der Waals surface area contributed by atoms with Crippen molar-refractivity contribution in [2.24, 2.45) is 0 Å². The first-order valence-electron chi connectivity index (χ1n) is 5.47. The molecular formula is C12H16FNO. The number of rotatable bonds is 3. The Kier molecular flexibility index (Phi) is 3.56. The first-order valence-corrected chi connectivity index (χ1v) is 5.47. The van der Waals surface area contributed by atoms with Crippen LogP contribution in [0.3, 0.4) is 0 Å². The Labute approximate surface area is 89.4 Å². The second kappa shape index (κ2) is 5.12. The maximum absolute atomic E-state index is 13.2. The van der Waals surface area contributed by atoms with Crippen LogP contribution in [0.15, 0.2) is 24.3 Å². The van der Waals surface area contributed by atoms with Crippen LogP contribution in [-0.4, -0.2) is 19.2 Å². The SMILES string of the molecule is Fc1ccccc1OC[C@@H]1CCCCN1. The molecule has 1 aliphatic rings. The van der Waals surface area contributed by atoms with Crippen molar-refractivity contribution in [1.29, 1.82) is 0 Å². The fourth-order valence-electron chi connectivity index (χ4n) is 1.82. The summed E-state index contributed by atoms with van der Waals surface area (Å²) in [4.78, 5) is 0. The van der Waals surface area contributed by atoms with E-state index in [4.69, 9.17) is 4.74 Å². The number of halogens is 1. The molecule has 1 atom stereocenters. The molecule has 0 aromatic heterocycles. The molecule has 3 heteroatoms. The van der Waals surface area contributed by atoms with Gasteiger partial charge in [0.15, 0.2) is 11.6 Å². The second-order valence-corrected chi connectivity index (χ2v) is 3.89. The maximum atomic E-state index is 13.2. The van der Waals surface area contributed by atoms with Gasteiger partial charge in [0.05, 0.1) is 0 Å². The van der Waals surface area contributed by atoms with Gasteiger partial charge in [-0.2, -0.15) is 0 Å². The van der Waals surface area contributed by atoms with Crippen LogP contribution in [-0.2, 0) is 0 Å². The molecule has 0 amide bonds. The van der Waals surface area contributed by atoms with Crippen molar-refractivity contribution in [2.45, 2.75) is 25.3 Å². The third-order valence-electron chi connectivity index (χ3n) is 2.69. The lowest BCUT2D eigenvalue weighted by Gasteiger charge is -2.23. The minimum absolute atomic E-state index is 0.284. The molecule has 15 heavy (non-hydrogen) atoms. The highest BCUT2D eigenvalue weighted by molar-refractivity contribution is 5.23. The Morgan fingerprint density at radius 1 is 1.33 bits per heavy atom. The first-order chi connectivity index (χ1) is 7.36. The van der Waals surface area contributed by atoms with E-state index < -0.39 is 0 Å². The lowest BCUT2D eigenvalue weighted by molar-refractivity contribution is 0.231. The molecule has 0 unspecified atom stereocenters. The highest BCUT2D eigenvalue weighted by Crippen LogP contribution is 2.16. The van der Waals surface area contributed by atoms with Gasteiger partial charge in [-0.05, 0) is 31.5 Å². The Balaban J connectivity index is 1.84. The molecule has 1 aromatic rings. The minimum Gasteiger partial charge on any atom is -0.489 e. The normalized spacial score (nSPS) is 21.3. The summed E-state index contributed by atoms with van der Waals surface area (Å²) in [5, 5.41) is 3.36. The van der Waals surface area contributed by atoms with E-state index in [0.29, 0.717) is 18.4 Å². The fraction of sp³-hybridized carbons (Fsp3) is 0.500. The highest BCUT2D eigenvalue weighted by atomic mass is 19.1. The van der Waals surface area contributed by atoms with E-state index in [1.807, 2.05) is 0 Å². The van der Waals surface area contributed by atoms with Crippen molar-refractivity contribution in [3.8, 4) is 5.75 Å². The van der Waals surface area contributed by atoms with Gasteiger partial charge in [0, 0.05) is 6.04 Å². The smallest absolute Gasteiger partial charge is 0.165 e. The molecule has 2 nitrogen and oxygen atoms in total. The van der Waals surface area contributed by atoms with E-state index in [1.54, 1.807) is 18.2 Å². The third kappa shape index (κ3) is 2.93. The van der Waals surface area contributed by atoms with Crippen molar-refractivity contribution in [3.05, 3.63) is 30.1 Å². The zero-order valence-corrected chi connectivity index (χ0v) is 8.71. The molecule has 82 valence electrons. The van der Waals surface area contributed by atoms with Gasteiger partial charge in [0.25, 0.3) is 0 Å². The van der Waals surface area contributed by atoms with E-state index in [0.717, 1.165) is 13.0 Å². The Morgan fingerprint density at radius 2 is 2.20 bits per heavy atom. The summed E-state index contributed by atoms with van der Waals surface area (Å²) < 4.78 is 18.6. The average Bonchev–Trinajstić information content (AvgIpc) is 2.29. The summed E-state index contributed by atoms with van der Waals surface area (Å²) >= 11 is 0. The van der Waals surface area contributed by atoms with Crippen LogP contribution in [0.25, 0.3) is 0 Å². The van der Waals surface area contributed by atoms with Crippen molar-refractivity contribution in [3.63, 3.8) is 0 Å². The quantitative estimate of drug-likeness (QED) is 0.825. The average molecular weight is 209 g/mol. The van der Waals surface area contributed by atoms with Crippen molar-refractivity contribution in [2.75, 3.05) is 13.2 Å². The van der Waals surface area contributed by atoms with Crippen LogP contribution >= 0.6 is 0 Å². The molecule has 1 fully saturated rings. The topological polar surface area (TPSA) is 21.3 Å². The van der Waals surface area contributed by atoms with Crippen LogP contribution in [0.2, 0.25) is 0 Å². The molecule has 0 radical (unpaired) electrons. The first kappa shape index (κ1) is 10.4. The van der Waals surface area contributed by atoms with E-state index in [9.17, 15) is 4.39 Å². The fourth-order valence-corrected chi connectivity index (χ4v) is 1.82. The van der Waals surface area contributed by atoms with Crippen LogP contribution < -0.4 is 10.1 Å². The molecule has 1 saturated heterocycles. The van der Waals surface area contributed by atoms with Crippen molar-refractivity contribution < 1.29 is 9.13 Å². The lowest BCUT2D eigenvalue weighted by Crippen LogP contribution is -2.38. The summed E-state index contributed by atoms with van der Waals surface area (Å²) in [5.41, 5.74) is 0. The Bertz CT molecular complexity index is 310. The van der Waals surface area contributed by atoms with Gasteiger partial charge in [-0.3, -0.25) is 0 Å². The van der Waals surface area contributed by atoms with Gasteiger partial charge in [-0.25, -0.2) is 4.39 Å². The van der Waals surface area contributed by atoms with Crippen LogP contribution in [0.5, 0.6) is 5.75 Å². The van der Waals surface area contributed by atoms with Gasteiger partial charge in [-0.1, -0.05) is 18.6 Å².